The van der Waals surface area contributed by atoms with Gasteiger partial charge in [-0.1, -0.05) is 35.5 Å². The molecule has 0 N–H and O–H groups in total. The zero-order valence-electron chi connectivity index (χ0n) is 17.2. The van der Waals surface area contributed by atoms with Crippen molar-refractivity contribution >= 4 is 6.09 Å². The van der Waals surface area contributed by atoms with Crippen molar-refractivity contribution in [2.45, 2.75) is 57.8 Å². The van der Waals surface area contributed by atoms with Crippen molar-refractivity contribution in [2.24, 2.45) is 0 Å². The zero-order valence-corrected chi connectivity index (χ0v) is 17.2. The van der Waals surface area contributed by atoms with Crippen molar-refractivity contribution in [1.29, 1.82) is 0 Å². The summed E-state index contributed by atoms with van der Waals surface area (Å²) in [6.45, 7) is 7.52. The number of amides is 1. The van der Waals surface area contributed by atoms with Gasteiger partial charge in [0, 0.05) is 32.3 Å². The molecule has 3 rings (SSSR count). The summed E-state index contributed by atoms with van der Waals surface area (Å²) in [5, 5.41) is 8.66. The lowest BCUT2D eigenvalue weighted by Gasteiger charge is -2.37. The molecule has 0 aliphatic carbocycles. The average molecular weight is 386 g/mol. The molecule has 0 spiro atoms. The van der Waals surface area contributed by atoms with Crippen LogP contribution < -0.4 is 0 Å². The van der Waals surface area contributed by atoms with Crippen molar-refractivity contribution in [1.82, 2.24) is 19.9 Å². The number of carbonyl (C=O) groups excluding carboxylic acids is 1. The molecule has 2 aromatic rings. The monoisotopic (exact) mass is 386 g/mol. The van der Waals surface area contributed by atoms with Crippen LogP contribution >= 0.6 is 0 Å². The van der Waals surface area contributed by atoms with E-state index in [-0.39, 0.29) is 18.1 Å². The molecule has 152 valence electrons. The molecule has 0 bridgehead atoms. The number of hydrogen-bond donors (Lipinski definition) is 0. The molecule has 7 nitrogen and oxygen atoms in total. The minimum absolute atomic E-state index is 0.120. The normalized spacial score (nSPS) is 20.2. The first-order chi connectivity index (χ1) is 13.4. The van der Waals surface area contributed by atoms with Gasteiger partial charge in [0.1, 0.15) is 5.60 Å². The lowest BCUT2D eigenvalue weighted by molar-refractivity contribution is -0.0145. The molecule has 0 saturated carbocycles. The number of methoxy groups -OCH3 is 1. The number of piperidine rings is 1. The van der Waals surface area contributed by atoms with Gasteiger partial charge in [0.05, 0.1) is 18.3 Å². The van der Waals surface area contributed by atoms with Crippen molar-refractivity contribution in [3.63, 3.8) is 0 Å². The second-order valence-electron chi connectivity index (χ2n) is 8.24. The maximum atomic E-state index is 12.4. The number of likely N-dealkylation sites (tertiary alicyclic amines) is 1. The van der Waals surface area contributed by atoms with Crippen LogP contribution in [0.3, 0.4) is 0 Å². The Kier molecular flexibility index (Phi) is 6.34. The minimum Gasteiger partial charge on any atom is -0.444 e. The number of aromatic nitrogens is 3. The zero-order chi connectivity index (χ0) is 20.1. The largest absolute Gasteiger partial charge is 0.444 e. The molecular weight excluding hydrogens is 356 g/mol. The number of aryl methyl sites for hydroxylation is 2. The number of rotatable bonds is 5. The predicted octanol–water partition coefficient (Wildman–Crippen LogP) is 3.26. The SMILES string of the molecule is CO[C@@H]1CN(C(=O)OC(C)(C)C)CC[C@H]1c1cn(CCc2ccccc2)nn1. The highest BCUT2D eigenvalue weighted by Gasteiger charge is 2.35. The summed E-state index contributed by atoms with van der Waals surface area (Å²) in [6.07, 6.45) is 3.27. The van der Waals surface area contributed by atoms with Crippen molar-refractivity contribution in [3.8, 4) is 0 Å². The van der Waals surface area contributed by atoms with Gasteiger partial charge in [-0.15, -0.1) is 5.10 Å². The van der Waals surface area contributed by atoms with Crippen LogP contribution in [0.2, 0.25) is 0 Å². The molecule has 1 aliphatic rings. The Hall–Kier alpha value is -2.41. The molecule has 1 aromatic heterocycles. The molecule has 1 saturated heterocycles. The van der Waals surface area contributed by atoms with E-state index >= 15 is 0 Å². The summed E-state index contributed by atoms with van der Waals surface area (Å²) in [5.74, 6) is 0.120. The Morgan fingerprint density at radius 1 is 1.25 bits per heavy atom. The Morgan fingerprint density at radius 3 is 2.68 bits per heavy atom. The van der Waals surface area contributed by atoms with Crippen LogP contribution in [0.15, 0.2) is 36.5 Å². The summed E-state index contributed by atoms with van der Waals surface area (Å²) in [4.78, 5) is 14.1. The number of benzene rings is 1. The summed E-state index contributed by atoms with van der Waals surface area (Å²) in [5.41, 5.74) is 1.70. The molecule has 2 atom stereocenters. The van der Waals surface area contributed by atoms with E-state index in [4.69, 9.17) is 9.47 Å². The maximum Gasteiger partial charge on any atom is 0.410 e. The van der Waals surface area contributed by atoms with Crippen molar-refractivity contribution in [3.05, 3.63) is 47.8 Å². The molecule has 2 heterocycles. The Bertz CT molecular complexity index is 769. The van der Waals surface area contributed by atoms with Crippen molar-refractivity contribution in [2.75, 3.05) is 20.2 Å². The smallest absolute Gasteiger partial charge is 0.410 e. The van der Waals surface area contributed by atoms with Gasteiger partial charge >= 0.3 is 6.09 Å². The second kappa shape index (κ2) is 8.73. The first-order valence-electron chi connectivity index (χ1n) is 9.80. The Labute approximate surface area is 166 Å². The van der Waals surface area contributed by atoms with Gasteiger partial charge in [-0.05, 0) is 39.2 Å². The predicted molar refractivity (Wildman–Crippen MR) is 106 cm³/mol. The first kappa shape index (κ1) is 20.3. The molecule has 0 unspecified atom stereocenters. The van der Waals surface area contributed by atoms with E-state index in [9.17, 15) is 4.79 Å². The van der Waals surface area contributed by atoms with Crippen LogP contribution in [0.25, 0.3) is 0 Å². The molecule has 28 heavy (non-hydrogen) atoms. The van der Waals surface area contributed by atoms with E-state index in [1.807, 2.05) is 49.8 Å². The summed E-state index contributed by atoms with van der Waals surface area (Å²) >= 11 is 0. The van der Waals surface area contributed by atoms with E-state index in [1.54, 1.807) is 12.0 Å². The van der Waals surface area contributed by atoms with E-state index in [1.165, 1.54) is 5.56 Å². The van der Waals surface area contributed by atoms with E-state index in [0.717, 1.165) is 25.1 Å². The van der Waals surface area contributed by atoms with E-state index in [0.29, 0.717) is 13.1 Å². The van der Waals surface area contributed by atoms with Gasteiger partial charge in [0.2, 0.25) is 0 Å². The van der Waals surface area contributed by atoms with E-state index < -0.39 is 5.60 Å². The highest BCUT2D eigenvalue weighted by molar-refractivity contribution is 5.68. The molecule has 1 aromatic carbocycles. The Balaban J connectivity index is 1.59. The summed E-state index contributed by atoms with van der Waals surface area (Å²) in [7, 11) is 1.68. The van der Waals surface area contributed by atoms with E-state index in [2.05, 4.69) is 22.4 Å². The highest BCUT2D eigenvalue weighted by Crippen LogP contribution is 2.29. The van der Waals surface area contributed by atoms with Gasteiger partial charge in [-0.25, -0.2) is 4.79 Å². The standard InChI is InChI=1S/C21H30N4O3/c1-21(2,3)28-20(26)24-12-11-17(19(15-24)27-4)18-14-25(23-22-18)13-10-16-8-6-5-7-9-16/h5-9,14,17,19H,10-13,15H2,1-4H3/t17-,19+/m0/s1. The molecule has 0 radical (unpaired) electrons. The van der Waals surface area contributed by atoms with Crippen molar-refractivity contribution < 1.29 is 14.3 Å². The number of ether oxygens (including phenoxy) is 2. The van der Waals surface area contributed by atoms with Crippen LogP contribution in [0.1, 0.15) is 44.4 Å². The summed E-state index contributed by atoms with van der Waals surface area (Å²) in [6, 6.07) is 10.3. The number of nitrogens with zero attached hydrogens (tertiary/aromatic N) is 4. The Morgan fingerprint density at radius 2 is 2.00 bits per heavy atom. The quantitative estimate of drug-likeness (QED) is 0.789. The fourth-order valence-corrected chi connectivity index (χ4v) is 3.47. The fourth-order valence-electron chi connectivity index (χ4n) is 3.47. The number of hydrogen-bond acceptors (Lipinski definition) is 5. The summed E-state index contributed by atoms with van der Waals surface area (Å²) < 4.78 is 13.1. The van der Waals surface area contributed by atoms with Gasteiger partial charge in [0.15, 0.2) is 0 Å². The van der Waals surface area contributed by atoms with Gasteiger partial charge in [0.25, 0.3) is 0 Å². The third-order valence-electron chi connectivity index (χ3n) is 4.92. The third-order valence-corrected chi connectivity index (χ3v) is 4.92. The van der Waals surface area contributed by atoms with Crippen LogP contribution in [0, 0.1) is 0 Å². The topological polar surface area (TPSA) is 69.5 Å². The molecule has 7 heteroatoms. The van der Waals surface area contributed by atoms with Gasteiger partial charge < -0.3 is 14.4 Å². The highest BCUT2D eigenvalue weighted by atomic mass is 16.6. The van der Waals surface area contributed by atoms with Crippen LogP contribution in [-0.2, 0) is 22.4 Å². The maximum absolute atomic E-state index is 12.4. The first-order valence-corrected chi connectivity index (χ1v) is 9.80. The van der Waals surface area contributed by atoms with Crippen LogP contribution in [0.4, 0.5) is 4.79 Å². The van der Waals surface area contributed by atoms with Gasteiger partial charge in [-0.3, -0.25) is 4.68 Å². The third kappa shape index (κ3) is 5.32. The average Bonchev–Trinajstić information content (AvgIpc) is 3.14. The minimum atomic E-state index is -0.502. The molecule has 1 aliphatic heterocycles. The van der Waals surface area contributed by atoms with Crippen LogP contribution in [0.5, 0.6) is 0 Å². The fraction of sp³-hybridized carbons (Fsp3) is 0.571. The second-order valence-corrected chi connectivity index (χ2v) is 8.24. The van der Waals surface area contributed by atoms with Gasteiger partial charge in [-0.2, -0.15) is 0 Å². The molecular formula is C21H30N4O3. The van der Waals surface area contributed by atoms with Crippen LogP contribution in [-0.4, -0.2) is 57.9 Å². The lowest BCUT2D eigenvalue weighted by atomic mass is 9.91. The number of carbonyl (C=O) groups is 1. The molecule has 1 fully saturated rings. The molecule has 1 amide bonds. The lowest BCUT2D eigenvalue weighted by Crippen LogP contribution is -2.48.